The number of guanidine groups is 1. The molecule has 2 fully saturated rings. The van der Waals surface area contributed by atoms with Gasteiger partial charge < -0.3 is 4.42 Å². The summed E-state index contributed by atoms with van der Waals surface area (Å²) >= 11 is 0. The number of rotatable bonds is 1. The van der Waals surface area contributed by atoms with E-state index in [0.717, 1.165) is 55.3 Å². The molecule has 2 aliphatic carbocycles. The van der Waals surface area contributed by atoms with Gasteiger partial charge in [0.25, 0.3) is 0 Å². The van der Waals surface area contributed by atoms with E-state index in [1.54, 1.807) is 0 Å². The summed E-state index contributed by atoms with van der Waals surface area (Å²) in [5.41, 5.74) is 2.22. The number of nitrogens with zero attached hydrogens (tertiary/aromatic N) is 3. The minimum Gasteiger partial charge on any atom is -0.423 e. The number of aliphatic imine (C=N–C) groups is 2. The highest BCUT2D eigenvalue weighted by atomic mass is 16.4. The Morgan fingerprint density at radius 3 is 2.77 bits per heavy atom. The van der Waals surface area contributed by atoms with Crippen LogP contribution in [0.4, 0.5) is 6.01 Å². The molecule has 1 aromatic carbocycles. The van der Waals surface area contributed by atoms with Crippen LogP contribution in [0.5, 0.6) is 0 Å². The maximum Gasteiger partial charge on any atom is 0.302 e. The second-order valence-corrected chi connectivity index (χ2v) is 7.57. The largest absolute Gasteiger partial charge is 0.423 e. The number of carbonyl (C=O) groups excluding carboxylic acids is 1. The van der Waals surface area contributed by atoms with Crippen molar-refractivity contribution in [3.8, 4) is 0 Å². The molecule has 0 amide bonds. The fourth-order valence-electron chi connectivity index (χ4n) is 4.73. The van der Waals surface area contributed by atoms with Crippen LogP contribution in [0, 0.1) is 5.92 Å². The maximum absolute atomic E-state index is 12.7. The molecule has 1 spiro atoms. The molecule has 2 aromatic rings. The third-order valence-electron chi connectivity index (χ3n) is 5.86. The van der Waals surface area contributed by atoms with Crippen LogP contribution in [0.3, 0.4) is 0 Å². The number of para-hydroxylation sites is 2. The van der Waals surface area contributed by atoms with Crippen molar-refractivity contribution in [2.24, 2.45) is 15.9 Å². The van der Waals surface area contributed by atoms with E-state index in [4.69, 9.17) is 14.4 Å². The number of oxazole rings is 1. The second kappa shape index (κ2) is 6.04. The normalized spacial score (nSPS) is 24.9. The van der Waals surface area contributed by atoms with E-state index in [0.29, 0.717) is 24.2 Å². The summed E-state index contributed by atoms with van der Waals surface area (Å²) in [6.45, 7) is 0. The van der Waals surface area contributed by atoms with Crippen LogP contribution in [0.1, 0.15) is 51.4 Å². The van der Waals surface area contributed by atoms with Crippen LogP contribution >= 0.6 is 0 Å². The minimum atomic E-state index is -0.318. The molecule has 2 heterocycles. The molecule has 1 atom stereocenters. The van der Waals surface area contributed by atoms with Gasteiger partial charge >= 0.3 is 6.01 Å². The molecule has 0 radical (unpaired) electrons. The molecular formula is C20H22N4O2. The number of ketones is 1. The van der Waals surface area contributed by atoms with Crippen LogP contribution in [0.2, 0.25) is 0 Å². The molecule has 3 aliphatic rings. The Balaban J connectivity index is 1.52. The second-order valence-electron chi connectivity index (χ2n) is 7.57. The predicted octanol–water partition coefficient (Wildman–Crippen LogP) is 4.12. The van der Waals surface area contributed by atoms with Crippen LogP contribution in [-0.4, -0.2) is 28.0 Å². The zero-order valence-electron chi connectivity index (χ0n) is 14.7. The highest BCUT2D eigenvalue weighted by Gasteiger charge is 2.49. The van der Waals surface area contributed by atoms with E-state index in [2.05, 4.69) is 10.3 Å². The van der Waals surface area contributed by atoms with Crippen molar-refractivity contribution in [3.63, 3.8) is 0 Å². The summed E-state index contributed by atoms with van der Waals surface area (Å²) in [7, 11) is 0. The molecule has 1 unspecified atom stereocenters. The van der Waals surface area contributed by atoms with Gasteiger partial charge in [0.05, 0.1) is 11.5 Å². The third kappa shape index (κ3) is 2.55. The van der Waals surface area contributed by atoms with Gasteiger partial charge in [0.15, 0.2) is 5.58 Å². The van der Waals surface area contributed by atoms with Crippen molar-refractivity contribution in [3.05, 3.63) is 24.3 Å². The molecule has 6 nitrogen and oxygen atoms in total. The Morgan fingerprint density at radius 1 is 1.08 bits per heavy atom. The molecule has 2 saturated carbocycles. The van der Waals surface area contributed by atoms with E-state index in [-0.39, 0.29) is 11.5 Å². The van der Waals surface area contributed by atoms with Gasteiger partial charge in [-0.1, -0.05) is 31.4 Å². The Morgan fingerprint density at radius 2 is 1.92 bits per heavy atom. The van der Waals surface area contributed by atoms with Gasteiger partial charge in [0, 0.05) is 12.1 Å². The van der Waals surface area contributed by atoms with Crippen molar-refractivity contribution >= 4 is 34.6 Å². The van der Waals surface area contributed by atoms with Gasteiger partial charge in [-0.3, -0.25) is 10.1 Å². The van der Waals surface area contributed by atoms with Crippen molar-refractivity contribution in [2.75, 3.05) is 5.32 Å². The lowest BCUT2D eigenvalue weighted by molar-refractivity contribution is -0.123. The van der Waals surface area contributed by atoms with Gasteiger partial charge in [0.1, 0.15) is 11.3 Å². The average molecular weight is 350 g/mol. The maximum atomic E-state index is 12.7. The quantitative estimate of drug-likeness (QED) is 0.839. The van der Waals surface area contributed by atoms with E-state index < -0.39 is 0 Å². The summed E-state index contributed by atoms with van der Waals surface area (Å²) in [6.07, 6.45) is 7.82. The minimum absolute atomic E-state index is 0.120. The van der Waals surface area contributed by atoms with E-state index in [1.807, 2.05) is 24.3 Å². The lowest BCUT2D eigenvalue weighted by Crippen LogP contribution is -2.51. The SMILES string of the molecule is O=C1CCCC2=NC(Nc3nc4ccccc4o3)=NC3(CCCCC3)C12. The number of aromatic nitrogens is 1. The molecule has 1 aromatic heterocycles. The number of carbonyl (C=O) groups is 1. The summed E-state index contributed by atoms with van der Waals surface area (Å²) < 4.78 is 5.76. The zero-order valence-corrected chi connectivity index (χ0v) is 14.7. The highest BCUT2D eigenvalue weighted by Crippen LogP contribution is 2.44. The van der Waals surface area contributed by atoms with Crippen molar-refractivity contribution in [2.45, 2.75) is 56.9 Å². The lowest BCUT2D eigenvalue weighted by Gasteiger charge is -2.44. The van der Waals surface area contributed by atoms with E-state index in [9.17, 15) is 4.79 Å². The first-order valence-corrected chi connectivity index (χ1v) is 9.56. The van der Waals surface area contributed by atoms with Crippen LogP contribution in [0.15, 0.2) is 38.7 Å². The molecule has 134 valence electrons. The fourth-order valence-corrected chi connectivity index (χ4v) is 4.73. The fraction of sp³-hybridized carbons (Fsp3) is 0.500. The molecule has 1 N–H and O–H groups in total. The monoisotopic (exact) mass is 350 g/mol. The van der Waals surface area contributed by atoms with Gasteiger partial charge in [-0.05, 0) is 37.8 Å². The molecular weight excluding hydrogens is 328 g/mol. The highest BCUT2D eigenvalue weighted by molar-refractivity contribution is 6.15. The average Bonchev–Trinajstić information content (AvgIpc) is 3.04. The molecule has 6 heteroatoms. The summed E-state index contributed by atoms with van der Waals surface area (Å²) in [6, 6.07) is 8.06. The lowest BCUT2D eigenvalue weighted by atomic mass is 9.66. The van der Waals surface area contributed by atoms with Crippen molar-refractivity contribution < 1.29 is 9.21 Å². The number of hydrogen-bond acceptors (Lipinski definition) is 6. The van der Waals surface area contributed by atoms with Crippen LogP contribution < -0.4 is 5.32 Å². The van der Waals surface area contributed by atoms with Gasteiger partial charge in [-0.2, -0.15) is 4.98 Å². The molecule has 5 rings (SSSR count). The number of anilines is 1. The summed E-state index contributed by atoms with van der Waals surface area (Å²) in [4.78, 5) is 26.8. The van der Waals surface area contributed by atoms with Crippen LogP contribution in [0.25, 0.3) is 11.1 Å². The Labute approximate surface area is 151 Å². The van der Waals surface area contributed by atoms with Gasteiger partial charge in [-0.15, -0.1) is 0 Å². The number of Topliss-reactive ketones (excluding diaryl/α,β-unsaturated/α-hetero) is 1. The first-order chi connectivity index (χ1) is 12.7. The molecule has 0 bridgehead atoms. The Kier molecular flexibility index (Phi) is 3.65. The van der Waals surface area contributed by atoms with E-state index in [1.165, 1.54) is 6.42 Å². The first kappa shape index (κ1) is 15.7. The Bertz CT molecular complexity index is 888. The topological polar surface area (TPSA) is 79.9 Å². The number of hydrogen-bond donors (Lipinski definition) is 1. The zero-order chi connectivity index (χ0) is 17.6. The van der Waals surface area contributed by atoms with Crippen LogP contribution in [-0.2, 0) is 4.79 Å². The standard InChI is InChI=1S/C20H22N4O2/c25-15-9-6-8-14-17(15)20(11-4-1-5-12-20)24-18(21-14)23-19-22-13-7-2-3-10-16(13)26-19/h2-3,7,10,17H,1,4-6,8-9,11-12H2,(H,22,23,24). The third-order valence-corrected chi connectivity index (χ3v) is 5.86. The summed E-state index contributed by atoms with van der Waals surface area (Å²) in [5.74, 6) is 0.742. The smallest absolute Gasteiger partial charge is 0.302 e. The van der Waals surface area contributed by atoms with Gasteiger partial charge in [0.2, 0.25) is 5.96 Å². The molecule has 1 aliphatic heterocycles. The molecule has 26 heavy (non-hydrogen) atoms. The number of benzene rings is 1. The number of nitrogens with one attached hydrogen (secondary N) is 1. The van der Waals surface area contributed by atoms with Crippen molar-refractivity contribution in [1.82, 2.24) is 4.98 Å². The van der Waals surface area contributed by atoms with E-state index >= 15 is 0 Å². The predicted molar refractivity (Wildman–Crippen MR) is 101 cm³/mol. The van der Waals surface area contributed by atoms with Crippen molar-refractivity contribution in [1.29, 1.82) is 0 Å². The Hall–Kier alpha value is -2.50. The first-order valence-electron chi connectivity index (χ1n) is 9.56. The van der Waals surface area contributed by atoms with Gasteiger partial charge in [-0.25, -0.2) is 9.98 Å². The number of fused-ring (bicyclic) bond motifs is 3. The summed E-state index contributed by atoms with van der Waals surface area (Å²) in [5, 5.41) is 3.16. The molecule has 0 saturated heterocycles.